The molecule has 1 fully saturated rings. The van der Waals surface area contributed by atoms with E-state index in [1.54, 1.807) is 7.11 Å². The number of carbonyl (C=O) groups is 1. The van der Waals surface area contributed by atoms with E-state index in [9.17, 15) is 4.79 Å². The van der Waals surface area contributed by atoms with Crippen molar-refractivity contribution in [3.63, 3.8) is 0 Å². The van der Waals surface area contributed by atoms with Gasteiger partial charge >= 0.3 is 0 Å². The van der Waals surface area contributed by atoms with Gasteiger partial charge in [-0.05, 0) is 44.9 Å². The molecule has 3 rings (SSSR count). The largest absolute Gasteiger partial charge is 0.492 e. The summed E-state index contributed by atoms with van der Waals surface area (Å²) >= 11 is 0. The number of ether oxygens (including phenoxy) is 2. The third-order valence-corrected chi connectivity index (χ3v) is 4.52. The summed E-state index contributed by atoms with van der Waals surface area (Å²) in [5, 5.41) is 10.3. The molecule has 1 aliphatic rings. The smallest absolute Gasteiger partial charge is 0.227 e. The first-order valence-corrected chi connectivity index (χ1v) is 9.30. The molecule has 1 amide bonds. The number of methoxy groups -OCH3 is 1. The monoisotopic (exact) mass is 373 g/mol. The Bertz CT molecular complexity index is 764. The van der Waals surface area contributed by atoms with Crippen LogP contribution in [0.5, 0.6) is 5.75 Å². The number of amides is 1. The number of hydrogen-bond donors (Lipinski definition) is 2. The van der Waals surface area contributed by atoms with Gasteiger partial charge in [-0.15, -0.1) is 0 Å². The van der Waals surface area contributed by atoms with Crippen molar-refractivity contribution >= 4 is 11.6 Å². The molecule has 0 unspecified atom stereocenters. The number of hydrogen-bond acceptors (Lipinski definition) is 6. The normalized spacial score (nSPS) is 13.6. The van der Waals surface area contributed by atoms with Gasteiger partial charge in [0.25, 0.3) is 0 Å². The summed E-state index contributed by atoms with van der Waals surface area (Å²) in [6.07, 6.45) is 1.94. The maximum absolute atomic E-state index is 12.1. The Morgan fingerprint density at radius 2 is 2.04 bits per heavy atom. The lowest BCUT2D eigenvalue weighted by atomic mass is 10.0. The number of benzene rings is 1. The fourth-order valence-corrected chi connectivity index (χ4v) is 2.92. The van der Waals surface area contributed by atoms with Crippen molar-refractivity contribution in [3.05, 3.63) is 29.7 Å². The third-order valence-electron chi connectivity index (χ3n) is 4.52. The zero-order valence-corrected chi connectivity index (χ0v) is 16.1. The van der Waals surface area contributed by atoms with Gasteiger partial charge in [0.2, 0.25) is 5.91 Å². The molecule has 0 aliphatic heterocycles. The van der Waals surface area contributed by atoms with E-state index in [0.717, 1.165) is 53.4 Å². The fourth-order valence-electron chi connectivity index (χ4n) is 2.92. The Hall–Kier alpha value is -2.38. The highest BCUT2D eigenvalue weighted by Gasteiger charge is 2.29. The van der Waals surface area contributed by atoms with Crippen molar-refractivity contribution in [2.75, 3.05) is 38.7 Å². The average molecular weight is 373 g/mol. The molecular formula is C20H27N3O4. The van der Waals surface area contributed by atoms with E-state index in [-0.39, 0.29) is 11.8 Å². The minimum atomic E-state index is 0.0794. The van der Waals surface area contributed by atoms with Crippen LogP contribution >= 0.6 is 0 Å². The lowest BCUT2D eigenvalue weighted by Crippen LogP contribution is -2.24. The van der Waals surface area contributed by atoms with Gasteiger partial charge in [0.1, 0.15) is 18.1 Å². The molecule has 0 radical (unpaired) electrons. The van der Waals surface area contributed by atoms with Crippen LogP contribution in [0.2, 0.25) is 0 Å². The van der Waals surface area contributed by atoms with E-state index < -0.39 is 0 Å². The SMILES string of the molecule is COCCNCCOc1ccc(NC(=O)C2CC2)cc1-c1c(C)noc1C. The molecule has 2 N–H and O–H groups in total. The van der Waals surface area contributed by atoms with Crippen LogP contribution in [0, 0.1) is 19.8 Å². The van der Waals surface area contributed by atoms with Gasteiger partial charge in [0, 0.05) is 37.4 Å². The Morgan fingerprint density at radius 3 is 2.70 bits per heavy atom. The van der Waals surface area contributed by atoms with Crippen molar-refractivity contribution in [1.29, 1.82) is 0 Å². The number of rotatable bonds is 10. The maximum Gasteiger partial charge on any atom is 0.227 e. The van der Waals surface area contributed by atoms with Gasteiger partial charge in [0.15, 0.2) is 0 Å². The molecule has 1 aliphatic carbocycles. The first-order valence-electron chi connectivity index (χ1n) is 9.30. The Balaban J connectivity index is 1.76. The highest BCUT2D eigenvalue weighted by atomic mass is 16.5. The molecule has 146 valence electrons. The molecule has 2 aromatic rings. The molecule has 1 aromatic heterocycles. The first kappa shape index (κ1) is 19.4. The van der Waals surface area contributed by atoms with Crippen LogP contribution in [0.25, 0.3) is 11.1 Å². The van der Waals surface area contributed by atoms with Crippen LogP contribution in [-0.4, -0.2) is 44.5 Å². The number of aromatic nitrogens is 1. The summed E-state index contributed by atoms with van der Waals surface area (Å²) in [4.78, 5) is 12.1. The molecule has 0 spiro atoms. The summed E-state index contributed by atoms with van der Waals surface area (Å²) in [6.45, 7) is 6.46. The van der Waals surface area contributed by atoms with Crippen LogP contribution < -0.4 is 15.4 Å². The molecule has 1 heterocycles. The number of carbonyl (C=O) groups excluding carboxylic acids is 1. The minimum Gasteiger partial charge on any atom is -0.492 e. The van der Waals surface area contributed by atoms with Crippen LogP contribution in [0.1, 0.15) is 24.3 Å². The zero-order chi connectivity index (χ0) is 19.2. The minimum absolute atomic E-state index is 0.0794. The lowest BCUT2D eigenvalue weighted by Gasteiger charge is -2.14. The van der Waals surface area contributed by atoms with Gasteiger partial charge in [0.05, 0.1) is 17.9 Å². The molecule has 27 heavy (non-hydrogen) atoms. The van der Waals surface area contributed by atoms with E-state index in [1.165, 1.54) is 0 Å². The molecule has 1 saturated carbocycles. The van der Waals surface area contributed by atoms with Crippen LogP contribution in [0.3, 0.4) is 0 Å². The van der Waals surface area contributed by atoms with Gasteiger partial charge < -0.3 is 24.6 Å². The quantitative estimate of drug-likeness (QED) is 0.623. The number of nitrogens with zero attached hydrogens (tertiary/aromatic N) is 1. The van der Waals surface area contributed by atoms with E-state index in [1.807, 2.05) is 32.0 Å². The predicted octanol–water partition coefficient (Wildman–Crippen LogP) is 2.92. The second-order valence-electron chi connectivity index (χ2n) is 6.76. The Morgan fingerprint density at radius 1 is 1.26 bits per heavy atom. The second-order valence-corrected chi connectivity index (χ2v) is 6.76. The van der Waals surface area contributed by atoms with E-state index in [2.05, 4.69) is 15.8 Å². The van der Waals surface area contributed by atoms with Gasteiger partial charge in [-0.25, -0.2) is 0 Å². The summed E-state index contributed by atoms with van der Waals surface area (Å²) in [7, 11) is 1.68. The fraction of sp³-hybridized carbons (Fsp3) is 0.500. The second kappa shape index (κ2) is 9.01. The lowest BCUT2D eigenvalue weighted by molar-refractivity contribution is -0.117. The van der Waals surface area contributed by atoms with Gasteiger partial charge in [-0.3, -0.25) is 4.79 Å². The van der Waals surface area contributed by atoms with E-state index in [4.69, 9.17) is 14.0 Å². The first-order chi connectivity index (χ1) is 13.1. The van der Waals surface area contributed by atoms with Crippen molar-refractivity contribution in [2.45, 2.75) is 26.7 Å². The van der Waals surface area contributed by atoms with Crippen molar-refractivity contribution in [2.24, 2.45) is 5.92 Å². The van der Waals surface area contributed by atoms with E-state index >= 15 is 0 Å². The number of anilines is 1. The van der Waals surface area contributed by atoms with Crippen molar-refractivity contribution < 1.29 is 18.8 Å². The van der Waals surface area contributed by atoms with Crippen molar-refractivity contribution in [3.8, 4) is 16.9 Å². The molecule has 1 aromatic carbocycles. The molecule has 0 atom stereocenters. The molecule has 0 saturated heterocycles. The molecule has 7 heteroatoms. The maximum atomic E-state index is 12.1. The molecule has 0 bridgehead atoms. The third kappa shape index (κ3) is 5.08. The van der Waals surface area contributed by atoms with Crippen LogP contribution in [-0.2, 0) is 9.53 Å². The van der Waals surface area contributed by atoms with Gasteiger partial charge in [-0.1, -0.05) is 5.16 Å². The van der Waals surface area contributed by atoms with Crippen LogP contribution in [0.15, 0.2) is 22.7 Å². The molecular weight excluding hydrogens is 346 g/mol. The van der Waals surface area contributed by atoms with Crippen LogP contribution in [0.4, 0.5) is 5.69 Å². The summed E-state index contributed by atoms with van der Waals surface area (Å²) in [5.41, 5.74) is 3.32. The standard InChI is InChI=1S/C20H27N3O4/c1-13-19(14(2)27-23-13)17-12-16(22-20(24)15-4-5-15)6-7-18(17)26-11-9-21-8-10-25-3/h6-7,12,15,21H,4-5,8-11H2,1-3H3,(H,22,24). The molecule has 7 nitrogen and oxygen atoms in total. The Labute approximate surface area is 159 Å². The average Bonchev–Trinajstić information content (AvgIpc) is 3.45. The summed E-state index contributed by atoms with van der Waals surface area (Å²) in [5.74, 6) is 1.70. The van der Waals surface area contributed by atoms with Gasteiger partial charge in [-0.2, -0.15) is 0 Å². The van der Waals surface area contributed by atoms with E-state index in [0.29, 0.717) is 19.8 Å². The number of nitrogens with one attached hydrogen (secondary N) is 2. The predicted molar refractivity (Wildman–Crippen MR) is 103 cm³/mol. The number of aryl methyl sites for hydroxylation is 2. The summed E-state index contributed by atoms with van der Waals surface area (Å²) < 4.78 is 16.3. The summed E-state index contributed by atoms with van der Waals surface area (Å²) in [6, 6.07) is 5.69. The Kier molecular flexibility index (Phi) is 6.47. The van der Waals surface area contributed by atoms with Crippen molar-refractivity contribution in [1.82, 2.24) is 10.5 Å². The topological polar surface area (TPSA) is 85.6 Å². The highest BCUT2D eigenvalue weighted by Crippen LogP contribution is 2.37. The zero-order valence-electron chi connectivity index (χ0n) is 16.1. The highest BCUT2D eigenvalue weighted by molar-refractivity contribution is 5.95.